The smallest absolute Gasteiger partial charge is 0.0701 e. The SMILES string of the molecule is C.CC(C)(C)C.CC(C)(C)C.COCCOCC(C)(C)C.COCCOCCOCC(C)(C)C.COCCOCCOCCOCCOCC(C)(C)C. The van der Waals surface area contributed by atoms with E-state index in [4.69, 9.17) is 47.4 Å². The first-order valence-electron chi connectivity index (χ1n) is 19.2. The molecule has 0 atom stereocenters. The average molecular weight is 775 g/mol. The molecule has 0 aliphatic heterocycles. The van der Waals surface area contributed by atoms with Crippen molar-refractivity contribution in [3.05, 3.63) is 0 Å². The lowest BCUT2D eigenvalue weighted by molar-refractivity contribution is -0.0147. The van der Waals surface area contributed by atoms with Gasteiger partial charge in [-0.15, -0.1) is 0 Å². The summed E-state index contributed by atoms with van der Waals surface area (Å²) in [6, 6.07) is 0. The Bertz CT molecular complexity index is 630. The molecule has 0 aromatic heterocycles. The molecule has 10 heteroatoms. The minimum absolute atomic E-state index is 0. The summed E-state index contributed by atoms with van der Waals surface area (Å²) < 4.78 is 52.0. The van der Waals surface area contributed by atoms with Gasteiger partial charge in [0, 0.05) is 21.3 Å². The third-order valence-corrected chi connectivity index (χ3v) is 4.39. The topological polar surface area (TPSA) is 92.3 Å². The normalized spacial score (nSPS) is 11.8. The standard InChI is InChI=1S/C14H30O5.C10H22O3.C8H18O2.2C5H12.CH4/c1-14(2,3)13-19-12-11-18-10-9-17-8-7-16-6-5-15-4;1-10(2,3)9-13-8-7-12-6-5-11-4;1-8(2,3)7-10-6-5-9-4;2*1-5(2,3)4;/h5-13H2,1-4H3;5-9H2,1-4H3;5-7H2,1-4H3;2*1-4H3;1H4. The zero-order valence-electron chi connectivity index (χ0n) is 38.6. The number of hydrogen-bond acceptors (Lipinski definition) is 10. The largest absolute Gasteiger partial charge is 0.382 e. The summed E-state index contributed by atoms with van der Waals surface area (Å²) in [6.07, 6.45) is 0. The maximum Gasteiger partial charge on any atom is 0.0701 e. The van der Waals surface area contributed by atoms with Crippen molar-refractivity contribution in [3.8, 4) is 0 Å². The van der Waals surface area contributed by atoms with Crippen molar-refractivity contribution < 1.29 is 47.4 Å². The molecule has 0 fully saturated rings. The highest BCUT2D eigenvalue weighted by atomic mass is 16.6. The molecule has 0 spiro atoms. The molecule has 0 bridgehead atoms. The van der Waals surface area contributed by atoms with Crippen LogP contribution in [0.15, 0.2) is 0 Å². The molecule has 0 unspecified atom stereocenters. The van der Waals surface area contributed by atoms with Gasteiger partial charge in [-0.3, -0.25) is 0 Å². The fourth-order valence-electron chi connectivity index (χ4n) is 2.44. The quantitative estimate of drug-likeness (QED) is 0.0883. The average Bonchev–Trinajstić information content (AvgIpc) is 2.95. The third-order valence-electron chi connectivity index (χ3n) is 4.39. The van der Waals surface area contributed by atoms with Crippen molar-refractivity contribution in [2.45, 2.75) is 125 Å². The van der Waals surface area contributed by atoms with Gasteiger partial charge in [0.15, 0.2) is 0 Å². The molecule has 0 rings (SSSR count). The van der Waals surface area contributed by atoms with Gasteiger partial charge in [0.25, 0.3) is 0 Å². The molecule has 0 heterocycles. The maximum atomic E-state index is 5.48. The first-order chi connectivity index (χ1) is 23.7. The molecule has 10 nitrogen and oxygen atoms in total. The van der Waals surface area contributed by atoms with Crippen LogP contribution in [0.3, 0.4) is 0 Å². The van der Waals surface area contributed by atoms with Crippen LogP contribution in [0, 0.1) is 27.1 Å². The minimum atomic E-state index is 0. The highest BCUT2D eigenvalue weighted by molar-refractivity contribution is 4.60. The molecule has 0 saturated carbocycles. The fourth-order valence-corrected chi connectivity index (χ4v) is 2.44. The van der Waals surface area contributed by atoms with E-state index in [1.807, 2.05) is 0 Å². The van der Waals surface area contributed by atoms with Crippen molar-refractivity contribution in [1.29, 1.82) is 0 Å². The van der Waals surface area contributed by atoms with Crippen molar-refractivity contribution >= 4 is 0 Å². The van der Waals surface area contributed by atoms with Gasteiger partial charge in [0.2, 0.25) is 0 Å². The Hall–Kier alpha value is -0.400. The zero-order chi connectivity index (χ0) is 41.6. The second-order valence-corrected chi connectivity index (χ2v) is 19.3. The van der Waals surface area contributed by atoms with E-state index in [-0.39, 0.29) is 23.7 Å². The summed E-state index contributed by atoms with van der Waals surface area (Å²) in [5, 5.41) is 0. The van der Waals surface area contributed by atoms with Crippen LogP contribution in [0.25, 0.3) is 0 Å². The van der Waals surface area contributed by atoms with Gasteiger partial charge < -0.3 is 47.4 Å². The lowest BCUT2D eigenvalue weighted by Gasteiger charge is -2.17. The van der Waals surface area contributed by atoms with E-state index >= 15 is 0 Å². The van der Waals surface area contributed by atoms with E-state index in [2.05, 4.69) is 118 Å². The van der Waals surface area contributed by atoms with Crippen LogP contribution in [-0.2, 0) is 47.4 Å². The van der Waals surface area contributed by atoms with E-state index in [0.29, 0.717) is 103 Å². The Morgan fingerprint density at radius 2 is 0.377 bits per heavy atom. The summed E-state index contributed by atoms with van der Waals surface area (Å²) in [7, 11) is 5.00. The highest BCUT2D eigenvalue weighted by Gasteiger charge is 2.10. The van der Waals surface area contributed by atoms with Crippen molar-refractivity contribution in [2.75, 3.05) is 134 Å². The van der Waals surface area contributed by atoms with Crippen LogP contribution in [0.2, 0.25) is 0 Å². The molecule has 330 valence electrons. The summed E-state index contributed by atoms with van der Waals surface area (Å²) >= 11 is 0. The Labute approximate surface area is 332 Å². The lowest BCUT2D eigenvalue weighted by atomic mass is 9.99. The molecule has 0 radical (unpaired) electrons. The summed E-state index contributed by atoms with van der Waals surface area (Å²) in [6.45, 7) is 48.1. The fraction of sp³-hybridized carbons (Fsp3) is 1.00. The summed E-state index contributed by atoms with van der Waals surface area (Å²) in [5.41, 5.74) is 1.73. The van der Waals surface area contributed by atoms with Gasteiger partial charge in [-0.1, -0.05) is 125 Å². The van der Waals surface area contributed by atoms with Gasteiger partial charge in [0.1, 0.15) is 0 Å². The van der Waals surface area contributed by atoms with E-state index in [1.165, 1.54) is 0 Å². The molecule has 0 N–H and O–H groups in total. The van der Waals surface area contributed by atoms with Crippen LogP contribution in [0.4, 0.5) is 0 Å². The Kier molecular flexibility index (Phi) is 50.2. The molecular weight excluding hydrogens is 676 g/mol. The number of methoxy groups -OCH3 is 3. The van der Waals surface area contributed by atoms with E-state index in [0.717, 1.165) is 19.8 Å². The van der Waals surface area contributed by atoms with Crippen LogP contribution < -0.4 is 0 Å². The predicted octanol–water partition coefficient (Wildman–Crippen LogP) is 9.89. The molecule has 0 amide bonds. The third kappa shape index (κ3) is 119. The van der Waals surface area contributed by atoms with Gasteiger partial charge >= 0.3 is 0 Å². The number of ether oxygens (including phenoxy) is 10. The lowest BCUT2D eigenvalue weighted by Crippen LogP contribution is -2.17. The zero-order valence-corrected chi connectivity index (χ0v) is 38.6. The molecule has 0 aliphatic carbocycles. The van der Waals surface area contributed by atoms with Crippen LogP contribution in [0.1, 0.15) is 125 Å². The van der Waals surface area contributed by atoms with Crippen molar-refractivity contribution in [1.82, 2.24) is 0 Å². The summed E-state index contributed by atoms with van der Waals surface area (Å²) in [4.78, 5) is 0. The maximum absolute atomic E-state index is 5.48. The van der Waals surface area contributed by atoms with Crippen LogP contribution >= 0.6 is 0 Å². The van der Waals surface area contributed by atoms with Gasteiger partial charge in [-0.05, 0) is 27.1 Å². The van der Waals surface area contributed by atoms with Gasteiger partial charge in [0.05, 0.1) is 112 Å². The second-order valence-electron chi connectivity index (χ2n) is 19.3. The van der Waals surface area contributed by atoms with E-state index in [1.54, 1.807) is 21.3 Å². The van der Waals surface area contributed by atoms with Crippen molar-refractivity contribution in [2.24, 2.45) is 27.1 Å². The van der Waals surface area contributed by atoms with E-state index in [9.17, 15) is 0 Å². The van der Waals surface area contributed by atoms with Crippen LogP contribution in [0.5, 0.6) is 0 Å². The van der Waals surface area contributed by atoms with Crippen LogP contribution in [-0.4, -0.2) is 134 Å². The van der Waals surface area contributed by atoms with Crippen molar-refractivity contribution in [3.63, 3.8) is 0 Å². The molecule has 53 heavy (non-hydrogen) atoms. The summed E-state index contributed by atoms with van der Waals surface area (Å²) in [5.74, 6) is 0. The predicted molar refractivity (Wildman–Crippen MR) is 227 cm³/mol. The molecule has 0 saturated heterocycles. The number of rotatable bonds is 24. The molecule has 0 aliphatic rings. The molecule has 0 aromatic carbocycles. The number of hydrogen-bond donors (Lipinski definition) is 0. The van der Waals surface area contributed by atoms with E-state index < -0.39 is 0 Å². The Morgan fingerprint density at radius 1 is 0.245 bits per heavy atom. The highest BCUT2D eigenvalue weighted by Crippen LogP contribution is 2.14. The molecule has 0 aromatic rings. The van der Waals surface area contributed by atoms with Gasteiger partial charge in [-0.2, -0.15) is 0 Å². The Morgan fingerprint density at radius 3 is 0.528 bits per heavy atom. The van der Waals surface area contributed by atoms with Gasteiger partial charge in [-0.25, -0.2) is 0 Å². The Balaban J connectivity index is -0.000000142. The molecular formula is C43H98O10. The first kappa shape index (κ1) is 64.5. The minimum Gasteiger partial charge on any atom is -0.382 e. The monoisotopic (exact) mass is 775 g/mol. The first-order valence-corrected chi connectivity index (χ1v) is 19.2. The second kappa shape index (κ2) is 41.2.